The van der Waals surface area contributed by atoms with Gasteiger partial charge in [0.25, 0.3) is 5.91 Å². The van der Waals surface area contributed by atoms with E-state index in [4.69, 9.17) is 4.74 Å². The summed E-state index contributed by atoms with van der Waals surface area (Å²) in [5.41, 5.74) is 1.18. The van der Waals surface area contributed by atoms with E-state index >= 15 is 0 Å². The Bertz CT molecular complexity index is 903. The molecule has 2 N–H and O–H groups in total. The lowest BCUT2D eigenvalue weighted by Gasteiger charge is -2.35. The maximum absolute atomic E-state index is 12.5. The number of anilines is 2. The first kappa shape index (κ1) is 18.4. The van der Waals surface area contributed by atoms with Crippen molar-refractivity contribution in [3.8, 4) is 5.75 Å². The molecule has 1 unspecified atom stereocenters. The number of nitrogens with one attached hydrogen (secondary N) is 2. The maximum atomic E-state index is 12.5. The van der Waals surface area contributed by atoms with Crippen LogP contribution in [-0.2, 0) is 0 Å². The van der Waals surface area contributed by atoms with Gasteiger partial charge in [-0.15, -0.1) is 11.3 Å². The largest absolute Gasteiger partial charge is 0.490 e. The predicted molar refractivity (Wildman–Crippen MR) is 110 cm³/mol. The number of aromatic nitrogens is 2. The van der Waals surface area contributed by atoms with E-state index in [2.05, 4.69) is 25.5 Å². The number of hydrogen-bond acceptors (Lipinski definition) is 7. The first-order chi connectivity index (χ1) is 13.8. The van der Waals surface area contributed by atoms with E-state index in [1.54, 1.807) is 17.8 Å². The summed E-state index contributed by atoms with van der Waals surface area (Å²) in [7, 11) is 0. The maximum Gasteiger partial charge on any atom is 0.275 e. The fraction of sp³-hybridized carbons (Fsp3) is 0.250. The highest BCUT2D eigenvalue weighted by atomic mass is 32.1. The molecule has 2 aromatic heterocycles. The Morgan fingerprint density at radius 2 is 2.18 bits per heavy atom. The van der Waals surface area contributed by atoms with Gasteiger partial charge < -0.3 is 20.3 Å². The molecule has 28 heavy (non-hydrogen) atoms. The van der Waals surface area contributed by atoms with Crippen molar-refractivity contribution >= 4 is 28.1 Å². The van der Waals surface area contributed by atoms with Crippen LogP contribution >= 0.6 is 11.3 Å². The predicted octanol–water partition coefficient (Wildman–Crippen LogP) is 2.65. The average Bonchev–Trinajstić information content (AvgIpc) is 3.24. The van der Waals surface area contributed by atoms with Crippen LogP contribution in [0, 0.1) is 0 Å². The second-order valence-corrected chi connectivity index (χ2v) is 7.22. The Balaban J connectivity index is 1.42. The summed E-state index contributed by atoms with van der Waals surface area (Å²) in [4.78, 5) is 23.3. The number of benzene rings is 1. The number of nitrogens with zero attached hydrogens (tertiary/aromatic N) is 3. The van der Waals surface area contributed by atoms with Gasteiger partial charge in [0.05, 0.1) is 12.2 Å². The van der Waals surface area contributed by atoms with Crippen molar-refractivity contribution in [2.75, 3.05) is 36.5 Å². The highest BCUT2D eigenvalue weighted by Gasteiger charge is 2.26. The lowest BCUT2D eigenvalue weighted by molar-refractivity contribution is 0.102. The van der Waals surface area contributed by atoms with Crippen LogP contribution < -0.4 is 20.3 Å². The molecule has 3 heterocycles. The number of ether oxygens (including phenoxy) is 1. The Morgan fingerprint density at radius 1 is 1.29 bits per heavy atom. The number of carbonyl (C=O) groups excluding carboxylic acids is 1. The average molecular weight is 395 g/mol. The number of piperazine rings is 1. The van der Waals surface area contributed by atoms with Crippen molar-refractivity contribution in [2.24, 2.45) is 0 Å². The molecule has 1 saturated heterocycles. The van der Waals surface area contributed by atoms with Crippen molar-refractivity contribution in [1.82, 2.24) is 15.3 Å². The number of pyridine rings is 1. The highest BCUT2D eigenvalue weighted by Crippen LogP contribution is 2.24. The summed E-state index contributed by atoms with van der Waals surface area (Å²) < 4.78 is 5.88. The van der Waals surface area contributed by atoms with Gasteiger partial charge >= 0.3 is 0 Å². The van der Waals surface area contributed by atoms with Gasteiger partial charge in [-0.05, 0) is 24.3 Å². The van der Waals surface area contributed by atoms with Crippen molar-refractivity contribution in [1.29, 1.82) is 0 Å². The van der Waals surface area contributed by atoms with Crippen LogP contribution in [0.5, 0.6) is 5.75 Å². The molecule has 1 aliphatic heterocycles. The van der Waals surface area contributed by atoms with Gasteiger partial charge in [0, 0.05) is 36.9 Å². The monoisotopic (exact) mass is 395 g/mol. The van der Waals surface area contributed by atoms with Crippen molar-refractivity contribution in [3.63, 3.8) is 0 Å². The van der Waals surface area contributed by atoms with Crippen LogP contribution in [0.25, 0.3) is 0 Å². The molecule has 8 heteroatoms. The zero-order chi connectivity index (χ0) is 19.2. The van der Waals surface area contributed by atoms with Crippen molar-refractivity contribution in [3.05, 3.63) is 65.9 Å². The Labute approximate surface area is 167 Å². The molecule has 7 nitrogen and oxygen atoms in total. The summed E-state index contributed by atoms with van der Waals surface area (Å²) in [5.74, 6) is 0.544. The molecular weight excluding hydrogens is 374 g/mol. The smallest absolute Gasteiger partial charge is 0.275 e. The molecule has 1 aliphatic rings. The molecule has 0 saturated carbocycles. The zero-order valence-electron chi connectivity index (χ0n) is 15.2. The number of thiazole rings is 1. The normalized spacial score (nSPS) is 16.6. The lowest BCUT2D eigenvalue weighted by Crippen LogP contribution is -2.54. The Morgan fingerprint density at radius 3 is 3.00 bits per heavy atom. The number of para-hydroxylation sites is 1. The molecule has 3 aromatic rings. The minimum atomic E-state index is -0.202. The SMILES string of the molecule is O=C(Nc1ccccc1)c1csc(N2CCNCC2COc2cccnc2)n1. The summed E-state index contributed by atoms with van der Waals surface area (Å²) in [6.45, 7) is 3.00. The number of carbonyl (C=O) groups is 1. The summed E-state index contributed by atoms with van der Waals surface area (Å²) in [6, 6.07) is 13.3. The highest BCUT2D eigenvalue weighted by molar-refractivity contribution is 7.14. The van der Waals surface area contributed by atoms with E-state index in [1.165, 1.54) is 11.3 Å². The third-order valence-electron chi connectivity index (χ3n) is 4.43. The zero-order valence-corrected chi connectivity index (χ0v) is 16.1. The fourth-order valence-electron chi connectivity index (χ4n) is 3.00. The van der Waals surface area contributed by atoms with E-state index < -0.39 is 0 Å². The Hall–Kier alpha value is -2.97. The van der Waals surface area contributed by atoms with Gasteiger partial charge in [0.1, 0.15) is 18.1 Å². The van der Waals surface area contributed by atoms with Crippen LogP contribution in [0.15, 0.2) is 60.2 Å². The van der Waals surface area contributed by atoms with E-state index in [-0.39, 0.29) is 11.9 Å². The third-order valence-corrected chi connectivity index (χ3v) is 5.31. The standard InChI is InChI=1S/C20H21N5O2S/c26-19(23-15-5-2-1-3-6-15)18-14-28-20(24-18)25-10-9-22-11-16(25)13-27-17-7-4-8-21-12-17/h1-8,12,14,16,22H,9-11,13H2,(H,23,26). The quantitative estimate of drug-likeness (QED) is 0.668. The molecule has 0 spiro atoms. The van der Waals surface area contributed by atoms with Gasteiger partial charge in [-0.25, -0.2) is 4.98 Å². The summed E-state index contributed by atoms with van der Waals surface area (Å²) in [5, 5.41) is 8.90. The van der Waals surface area contributed by atoms with Crippen LogP contribution in [0.1, 0.15) is 10.5 Å². The van der Waals surface area contributed by atoms with Gasteiger partial charge in [-0.1, -0.05) is 18.2 Å². The molecule has 0 bridgehead atoms. The Kier molecular flexibility index (Phi) is 5.79. The molecule has 1 amide bonds. The van der Waals surface area contributed by atoms with Crippen molar-refractivity contribution < 1.29 is 9.53 Å². The lowest BCUT2D eigenvalue weighted by atomic mass is 10.2. The minimum Gasteiger partial charge on any atom is -0.490 e. The van der Waals surface area contributed by atoms with Gasteiger partial charge in [-0.2, -0.15) is 0 Å². The second-order valence-electron chi connectivity index (χ2n) is 6.39. The molecule has 0 aliphatic carbocycles. The third kappa shape index (κ3) is 4.47. The van der Waals surface area contributed by atoms with Gasteiger partial charge in [0.15, 0.2) is 5.13 Å². The van der Waals surface area contributed by atoms with E-state index in [0.717, 1.165) is 36.2 Å². The minimum absolute atomic E-state index is 0.130. The molecule has 0 radical (unpaired) electrons. The van der Waals surface area contributed by atoms with Crippen LogP contribution in [0.4, 0.5) is 10.8 Å². The van der Waals surface area contributed by atoms with Crippen LogP contribution in [0.2, 0.25) is 0 Å². The molecule has 1 fully saturated rings. The molecule has 1 aromatic carbocycles. The van der Waals surface area contributed by atoms with E-state index in [0.29, 0.717) is 12.3 Å². The van der Waals surface area contributed by atoms with Crippen LogP contribution in [0.3, 0.4) is 0 Å². The molecule has 4 rings (SSSR count). The fourth-order valence-corrected chi connectivity index (χ4v) is 3.91. The molecular formula is C20H21N5O2S. The van der Waals surface area contributed by atoms with Gasteiger partial charge in [0.2, 0.25) is 0 Å². The van der Waals surface area contributed by atoms with Crippen molar-refractivity contribution in [2.45, 2.75) is 6.04 Å². The topological polar surface area (TPSA) is 79.4 Å². The van der Waals surface area contributed by atoms with Gasteiger partial charge in [-0.3, -0.25) is 9.78 Å². The number of rotatable bonds is 6. The molecule has 1 atom stereocenters. The summed E-state index contributed by atoms with van der Waals surface area (Å²) >= 11 is 1.48. The van der Waals surface area contributed by atoms with E-state index in [1.807, 2.05) is 42.5 Å². The molecule has 144 valence electrons. The summed E-state index contributed by atoms with van der Waals surface area (Å²) in [6.07, 6.45) is 3.43. The first-order valence-corrected chi connectivity index (χ1v) is 10.00. The second kappa shape index (κ2) is 8.81. The van der Waals surface area contributed by atoms with E-state index in [9.17, 15) is 4.79 Å². The first-order valence-electron chi connectivity index (χ1n) is 9.12. The number of hydrogen-bond donors (Lipinski definition) is 2. The number of amides is 1. The van der Waals surface area contributed by atoms with Crippen LogP contribution in [-0.4, -0.2) is 48.2 Å².